The molecule has 0 bridgehead atoms. The fraction of sp³-hybridized carbons (Fsp3) is 1.00. The summed E-state index contributed by atoms with van der Waals surface area (Å²) in [6.07, 6.45) is 3.96. The second-order valence-electron chi connectivity index (χ2n) is 6.96. The molecule has 0 saturated heterocycles. The molecule has 3 atom stereocenters. The third kappa shape index (κ3) is 5.40. The summed E-state index contributed by atoms with van der Waals surface area (Å²) >= 11 is 0. The number of hydrogen-bond acceptors (Lipinski definition) is 4. The normalized spacial score (nSPS) is 27.2. The first-order valence-corrected chi connectivity index (χ1v) is 8.84. The third-order valence-electron chi connectivity index (χ3n) is 3.98. The Bertz CT molecular complexity index is 373. The number of rotatable bonds is 5. The van der Waals surface area contributed by atoms with Crippen LogP contribution in [0.25, 0.3) is 0 Å². The lowest BCUT2D eigenvalue weighted by Gasteiger charge is -2.39. The van der Waals surface area contributed by atoms with E-state index in [2.05, 4.69) is 20.8 Å². The summed E-state index contributed by atoms with van der Waals surface area (Å²) in [7, 11) is -3.47. The van der Waals surface area contributed by atoms with Gasteiger partial charge in [0.25, 0.3) is 10.1 Å². The predicted octanol–water partition coefficient (Wildman–Crippen LogP) is 2.53. The SMILES string of the molecule is CC(CN)CS(=O)(=O)OC1CCCCC1C(C)(C)C. The van der Waals surface area contributed by atoms with Crippen LogP contribution >= 0.6 is 0 Å². The molecular weight excluding hydrogens is 262 g/mol. The van der Waals surface area contributed by atoms with Gasteiger partial charge in [-0.15, -0.1) is 0 Å². The lowest BCUT2D eigenvalue weighted by molar-refractivity contribution is 0.0324. The van der Waals surface area contributed by atoms with Crippen molar-refractivity contribution in [2.24, 2.45) is 23.0 Å². The molecule has 4 nitrogen and oxygen atoms in total. The van der Waals surface area contributed by atoms with Gasteiger partial charge in [0, 0.05) is 0 Å². The van der Waals surface area contributed by atoms with Gasteiger partial charge < -0.3 is 5.73 Å². The maximum Gasteiger partial charge on any atom is 0.267 e. The Morgan fingerprint density at radius 1 is 1.26 bits per heavy atom. The van der Waals surface area contributed by atoms with Gasteiger partial charge in [0.2, 0.25) is 0 Å². The van der Waals surface area contributed by atoms with Gasteiger partial charge >= 0.3 is 0 Å². The van der Waals surface area contributed by atoms with E-state index in [-0.39, 0.29) is 23.2 Å². The van der Waals surface area contributed by atoms with Crippen LogP contribution < -0.4 is 5.73 Å². The van der Waals surface area contributed by atoms with Crippen molar-refractivity contribution in [1.29, 1.82) is 0 Å². The monoisotopic (exact) mass is 291 g/mol. The highest BCUT2D eigenvalue weighted by Gasteiger charge is 2.37. The lowest BCUT2D eigenvalue weighted by Crippen LogP contribution is -2.39. The first-order valence-electron chi connectivity index (χ1n) is 7.26. The van der Waals surface area contributed by atoms with E-state index in [4.69, 9.17) is 9.92 Å². The van der Waals surface area contributed by atoms with Crippen LogP contribution in [0.1, 0.15) is 53.4 Å². The van der Waals surface area contributed by atoms with Gasteiger partial charge in [0.05, 0.1) is 11.9 Å². The highest BCUT2D eigenvalue weighted by Crippen LogP contribution is 2.40. The van der Waals surface area contributed by atoms with Crippen LogP contribution in [0.2, 0.25) is 0 Å². The van der Waals surface area contributed by atoms with Crippen molar-refractivity contribution in [3.8, 4) is 0 Å². The molecule has 0 heterocycles. The molecule has 0 amide bonds. The van der Waals surface area contributed by atoms with Gasteiger partial charge in [-0.3, -0.25) is 4.18 Å². The second-order valence-corrected chi connectivity index (χ2v) is 8.60. The average molecular weight is 291 g/mol. The van der Waals surface area contributed by atoms with Crippen molar-refractivity contribution in [1.82, 2.24) is 0 Å². The van der Waals surface area contributed by atoms with Gasteiger partial charge in [-0.1, -0.05) is 40.5 Å². The molecule has 19 heavy (non-hydrogen) atoms. The zero-order chi connectivity index (χ0) is 14.7. The first kappa shape index (κ1) is 16.9. The smallest absolute Gasteiger partial charge is 0.267 e. The Balaban J connectivity index is 2.72. The minimum Gasteiger partial charge on any atom is -0.330 e. The fourth-order valence-corrected chi connectivity index (χ4v) is 4.37. The highest BCUT2D eigenvalue weighted by molar-refractivity contribution is 7.86. The summed E-state index contributed by atoms with van der Waals surface area (Å²) in [5.41, 5.74) is 5.57. The molecule has 5 heteroatoms. The average Bonchev–Trinajstić information content (AvgIpc) is 2.26. The van der Waals surface area contributed by atoms with E-state index in [0.29, 0.717) is 12.5 Å². The summed E-state index contributed by atoms with van der Waals surface area (Å²) in [5, 5.41) is 0. The summed E-state index contributed by atoms with van der Waals surface area (Å²) < 4.78 is 29.6. The Hall–Kier alpha value is -0.130. The molecule has 0 aromatic carbocycles. The van der Waals surface area contributed by atoms with Gasteiger partial charge in [-0.05, 0) is 36.6 Å². The molecule has 0 radical (unpaired) electrons. The number of hydrogen-bond donors (Lipinski definition) is 1. The molecule has 0 aromatic heterocycles. The molecule has 2 N–H and O–H groups in total. The Morgan fingerprint density at radius 2 is 1.84 bits per heavy atom. The van der Waals surface area contributed by atoms with E-state index in [1.54, 1.807) is 0 Å². The van der Waals surface area contributed by atoms with Crippen molar-refractivity contribution < 1.29 is 12.6 Å². The molecule has 0 spiro atoms. The van der Waals surface area contributed by atoms with Crippen molar-refractivity contribution in [2.45, 2.75) is 59.5 Å². The molecule has 3 unspecified atom stereocenters. The topological polar surface area (TPSA) is 69.4 Å². The molecule has 1 aliphatic carbocycles. The fourth-order valence-electron chi connectivity index (χ4n) is 2.85. The van der Waals surface area contributed by atoms with Crippen LogP contribution in [-0.2, 0) is 14.3 Å². The maximum atomic E-state index is 12.1. The Labute approximate surface area is 118 Å². The maximum absolute atomic E-state index is 12.1. The minimum atomic E-state index is -3.47. The van der Waals surface area contributed by atoms with Crippen LogP contribution in [0.15, 0.2) is 0 Å². The molecule has 0 aromatic rings. The Morgan fingerprint density at radius 3 is 2.37 bits per heavy atom. The van der Waals surface area contributed by atoms with Crippen LogP contribution in [-0.4, -0.2) is 26.8 Å². The van der Waals surface area contributed by atoms with Crippen LogP contribution in [0.3, 0.4) is 0 Å². The predicted molar refractivity (Wildman–Crippen MR) is 78.3 cm³/mol. The first-order chi connectivity index (χ1) is 8.65. The number of nitrogens with two attached hydrogens (primary N) is 1. The molecule has 114 valence electrons. The summed E-state index contributed by atoms with van der Waals surface area (Å²) in [5.74, 6) is 0.280. The van der Waals surface area contributed by atoms with E-state index in [9.17, 15) is 8.42 Å². The van der Waals surface area contributed by atoms with Crippen molar-refractivity contribution >= 4 is 10.1 Å². The standard InChI is InChI=1S/C14H29NO3S/c1-11(9-15)10-19(16,17)18-13-8-6-5-7-12(13)14(2,3)4/h11-13H,5-10,15H2,1-4H3. The molecule has 1 aliphatic rings. The molecule has 1 rings (SSSR count). The van der Waals surface area contributed by atoms with Gasteiger partial charge in [0.1, 0.15) is 0 Å². The van der Waals surface area contributed by atoms with Crippen molar-refractivity contribution in [3.05, 3.63) is 0 Å². The molecule has 0 aliphatic heterocycles. The minimum absolute atomic E-state index is 0.0247. The van der Waals surface area contributed by atoms with Crippen molar-refractivity contribution in [3.63, 3.8) is 0 Å². The summed E-state index contributed by atoms with van der Waals surface area (Å²) in [4.78, 5) is 0. The quantitative estimate of drug-likeness (QED) is 0.790. The molecule has 1 fully saturated rings. The van der Waals surface area contributed by atoms with Crippen molar-refractivity contribution in [2.75, 3.05) is 12.3 Å². The van der Waals surface area contributed by atoms with E-state index >= 15 is 0 Å². The molecular formula is C14H29NO3S. The van der Waals surface area contributed by atoms with E-state index in [1.807, 2.05) is 6.92 Å². The van der Waals surface area contributed by atoms with Gasteiger partial charge in [-0.25, -0.2) is 0 Å². The zero-order valence-electron chi connectivity index (χ0n) is 12.7. The largest absolute Gasteiger partial charge is 0.330 e. The van der Waals surface area contributed by atoms with E-state index in [1.165, 1.54) is 6.42 Å². The lowest BCUT2D eigenvalue weighted by atomic mass is 9.71. The van der Waals surface area contributed by atoms with Crippen LogP contribution in [0.4, 0.5) is 0 Å². The third-order valence-corrected chi connectivity index (χ3v) is 5.49. The summed E-state index contributed by atoms with van der Waals surface area (Å²) in [6.45, 7) is 8.69. The van der Waals surface area contributed by atoms with Gasteiger partial charge in [0.15, 0.2) is 0 Å². The zero-order valence-corrected chi connectivity index (χ0v) is 13.5. The van der Waals surface area contributed by atoms with E-state index in [0.717, 1.165) is 19.3 Å². The summed E-state index contributed by atoms with van der Waals surface area (Å²) in [6, 6.07) is 0. The highest BCUT2D eigenvalue weighted by atomic mass is 32.2. The van der Waals surface area contributed by atoms with Crippen LogP contribution in [0, 0.1) is 17.3 Å². The molecule has 1 saturated carbocycles. The second kappa shape index (κ2) is 6.55. The van der Waals surface area contributed by atoms with Gasteiger partial charge in [-0.2, -0.15) is 8.42 Å². The van der Waals surface area contributed by atoms with E-state index < -0.39 is 10.1 Å². The van der Waals surface area contributed by atoms with Crippen LogP contribution in [0.5, 0.6) is 0 Å². The Kier molecular flexibility index (Phi) is 5.83.